The largest absolute Gasteiger partial charge is 0.496 e. The Hall–Kier alpha value is -1.78. The van der Waals surface area contributed by atoms with E-state index >= 15 is 0 Å². The molecule has 0 aliphatic heterocycles. The third kappa shape index (κ3) is 2.50. The van der Waals surface area contributed by atoms with Crippen LogP contribution < -0.4 is 10.1 Å². The van der Waals surface area contributed by atoms with Gasteiger partial charge in [-0.25, -0.2) is 0 Å². The lowest BCUT2D eigenvalue weighted by molar-refractivity contribution is -0.384. The van der Waals surface area contributed by atoms with Crippen molar-refractivity contribution in [2.24, 2.45) is 11.3 Å². The van der Waals surface area contributed by atoms with Gasteiger partial charge in [-0.3, -0.25) is 10.1 Å². The van der Waals surface area contributed by atoms with Gasteiger partial charge in [-0.1, -0.05) is 0 Å². The molecule has 0 aromatic heterocycles. The van der Waals surface area contributed by atoms with E-state index in [2.05, 4.69) is 5.32 Å². The zero-order chi connectivity index (χ0) is 13.5. The summed E-state index contributed by atoms with van der Waals surface area (Å²) in [7, 11) is 1.52. The number of anilines is 1. The quantitative estimate of drug-likeness (QED) is 0.631. The number of nitro benzene ring substituents is 1. The van der Waals surface area contributed by atoms with Gasteiger partial charge >= 0.3 is 0 Å². The summed E-state index contributed by atoms with van der Waals surface area (Å²) in [6, 6.07) is 4.83. The molecule has 3 rings (SSSR count). The maximum absolute atomic E-state index is 10.9. The van der Waals surface area contributed by atoms with E-state index in [1.807, 2.05) is 6.07 Å². The van der Waals surface area contributed by atoms with Crippen LogP contribution in [0, 0.1) is 21.4 Å². The monoisotopic (exact) mass is 262 g/mol. The van der Waals surface area contributed by atoms with Crippen molar-refractivity contribution in [3.05, 3.63) is 28.3 Å². The van der Waals surface area contributed by atoms with E-state index in [0.29, 0.717) is 11.2 Å². The van der Waals surface area contributed by atoms with Crippen LogP contribution in [0.4, 0.5) is 11.4 Å². The molecule has 0 atom stereocenters. The Morgan fingerprint density at radius 1 is 1.42 bits per heavy atom. The smallest absolute Gasteiger partial charge is 0.275 e. The van der Waals surface area contributed by atoms with Crippen molar-refractivity contribution in [2.75, 3.05) is 19.0 Å². The van der Waals surface area contributed by atoms with Gasteiger partial charge in [0.25, 0.3) is 5.69 Å². The molecule has 1 N–H and O–H groups in total. The van der Waals surface area contributed by atoms with E-state index in [1.54, 1.807) is 6.07 Å². The minimum Gasteiger partial charge on any atom is -0.496 e. The predicted molar refractivity (Wildman–Crippen MR) is 72.5 cm³/mol. The second-order valence-electron chi connectivity index (χ2n) is 5.67. The lowest BCUT2D eigenvalue weighted by Gasteiger charge is -2.16. The van der Waals surface area contributed by atoms with Gasteiger partial charge in [0.1, 0.15) is 5.75 Å². The fraction of sp³-hybridized carbons (Fsp3) is 0.571. The highest BCUT2D eigenvalue weighted by molar-refractivity contribution is 5.56. The van der Waals surface area contributed by atoms with Crippen molar-refractivity contribution in [3.63, 3.8) is 0 Å². The third-order valence-electron chi connectivity index (χ3n) is 4.32. The van der Waals surface area contributed by atoms with Gasteiger partial charge in [0.05, 0.1) is 18.1 Å². The number of benzene rings is 1. The highest BCUT2D eigenvalue weighted by atomic mass is 16.6. The lowest BCUT2D eigenvalue weighted by atomic mass is 10.0. The molecule has 0 spiro atoms. The van der Waals surface area contributed by atoms with Crippen LogP contribution in [0.25, 0.3) is 0 Å². The Bertz CT molecular complexity index is 507. The van der Waals surface area contributed by atoms with Gasteiger partial charge in [0.2, 0.25) is 0 Å². The summed E-state index contributed by atoms with van der Waals surface area (Å²) in [5, 5.41) is 14.2. The summed E-state index contributed by atoms with van der Waals surface area (Å²) in [5.41, 5.74) is 1.31. The molecule has 0 unspecified atom stereocenters. The first kappa shape index (κ1) is 12.3. The van der Waals surface area contributed by atoms with Crippen molar-refractivity contribution in [2.45, 2.75) is 25.7 Å². The fourth-order valence-corrected chi connectivity index (χ4v) is 2.77. The molecule has 2 fully saturated rings. The van der Waals surface area contributed by atoms with Gasteiger partial charge in [-0.2, -0.15) is 0 Å². The molecule has 2 saturated carbocycles. The summed E-state index contributed by atoms with van der Waals surface area (Å²) in [6.07, 6.45) is 5.27. The lowest BCUT2D eigenvalue weighted by Crippen LogP contribution is -2.17. The van der Waals surface area contributed by atoms with Crippen molar-refractivity contribution < 1.29 is 9.66 Å². The molecule has 0 amide bonds. The molecule has 0 radical (unpaired) electrons. The van der Waals surface area contributed by atoms with Crippen molar-refractivity contribution >= 4 is 11.4 Å². The number of methoxy groups -OCH3 is 1. The topological polar surface area (TPSA) is 64.4 Å². The molecule has 2 aliphatic rings. The van der Waals surface area contributed by atoms with Gasteiger partial charge in [-0.15, -0.1) is 0 Å². The van der Waals surface area contributed by atoms with E-state index in [4.69, 9.17) is 4.74 Å². The zero-order valence-electron chi connectivity index (χ0n) is 11.0. The summed E-state index contributed by atoms with van der Waals surface area (Å²) in [6.45, 7) is 0.919. The molecule has 0 saturated heterocycles. The van der Waals surface area contributed by atoms with Crippen LogP contribution in [-0.2, 0) is 0 Å². The van der Waals surface area contributed by atoms with Crippen LogP contribution in [0.15, 0.2) is 18.2 Å². The molecule has 19 heavy (non-hydrogen) atoms. The molecule has 102 valence electrons. The molecular weight excluding hydrogens is 244 g/mol. The van der Waals surface area contributed by atoms with Crippen molar-refractivity contribution in [1.29, 1.82) is 0 Å². The molecule has 0 heterocycles. The number of rotatable bonds is 6. The van der Waals surface area contributed by atoms with Crippen LogP contribution in [0.3, 0.4) is 0 Å². The molecule has 1 aromatic carbocycles. The Balaban J connectivity index is 1.72. The van der Waals surface area contributed by atoms with Crippen molar-refractivity contribution in [3.8, 4) is 5.75 Å². The molecule has 1 aromatic rings. The Kier molecular flexibility index (Phi) is 2.84. The maximum Gasteiger partial charge on any atom is 0.275 e. The number of ether oxygens (including phenoxy) is 1. The van der Waals surface area contributed by atoms with E-state index in [-0.39, 0.29) is 10.6 Å². The molecule has 5 nitrogen and oxygen atoms in total. The maximum atomic E-state index is 10.9. The minimum atomic E-state index is -0.387. The number of non-ortho nitro benzene ring substituents is 1. The standard InChI is InChI=1S/C14H18N2O3/c1-19-13-7-11(6-12(8-13)16(17)18)15-9-14(4-5-14)10-2-3-10/h6-8,10,15H,2-5,9H2,1H3. The van der Waals surface area contributed by atoms with E-state index in [1.165, 1.54) is 38.9 Å². The van der Waals surface area contributed by atoms with E-state index in [9.17, 15) is 10.1 Å². The number of nitro groups is 1. The summed E-state index contributed by atoms with van der Waals surface area (Å²) < 4.78 is 5.11. The average molecular weight is 262 g/mol. The van der Waals surface area contributed by atoms with E-state index in [0.717, 1.165) is 18.2 Å². The fourth-order valence-electron chi connectivity index (χ4n) is 2.77. The average Bonchev–Trinajstić information content (AvgIpc) is 3.28. The van der Waals surface area contributed by atoms with Gasteiger partial charge in [-0.05, 0) is 37.0 Å². The van der Waals surface area contributed by atoms with E-state index < -0.39 is 0 Å². The summed E-state index contributed by atoms with van der Waals surface area (Å²) >= 11 is 0. The number of hydrogen-bond donors (Lipinski definition) is 1. The van der Waals surface area contributed by atoms with Crippen LogP contribution in [-0.4, -0.2) is 18.6 Å². The van der Waals surface area contributed by atoms with Crippen LogP contribution in [0.5, 0.6) is 5.75 Å². The third-order valence-corrected chi connectivity index (χ3v) is 4.32. The van der Waals surface area contributed by atoms with Gasteiger partial charge in [0.15, 0.2) is 0 Å². The highest BCUT2D eigenvalue weighted by Crippen LogP contribution is 2.61. The number of nitrogens with one attached hydrogen (secondary N) is 1. The first-order valence-electron chi connectivity index (χ1n) is 6.70. The number of hydrogen-bond acceptors (Lipinski definition) is 4. The van der Waals surface area contributed by atoms with Gasteiger partial charge < -0.3 is 10.1 Å². The molecule has 0 bridgehead atoms. The van der Waals surface area contributed by atoms with Crippen LogP contribution in [0.2, 0.25) is 0 Å². The number of nitrogens with zero attached hydrogens (tertiary/aromatic N) is 1. The predicted octanol–water partition coefficient (Wildman–Crippen LogP) is 3.21. The molecular formula is C14H18N2O3. The molecule has 5 heteroatoms. The van der Waals surface area contributed by atoms with Crippen LogP contribution in [0.1, 0.15) is 25.7 Å². The minimum absolute atomic E-state index is 0.0677. The molecule has 2 aliphatic carbocycles. The first-order chi connectivity index (χ1) is 9.13. The Morgan fingerprint density at radius 3 is 2.68 bits per heavy atom. The van der Waals surface area contributed by atoms with Crippen LogP contribution >= 0.6 is 0 Å². The zero-order valence-corrected chi connectivity index (χ0v) is 11.0. The van der Waals surface area contributed by atoms with Gasteiger partial charge in [0, 0.05) is 24.4 Å². The second kappa shape index (κ2) is 4.40. The summed E-state index contributed by atoms with van der Waals surface area (Å²) in [5.74, 6) is 1.40. The van der Waals surface area contributed by atoms with Crippen molar-refractivity contribution in [1.82, 2.24) is 0 Å². The SMILES string of the molecule is COc1cc(NCC2(C3CC3)CC2)cc([N+](=O)[O-])c1. The Labute approximate surface area is 112 Å². The first-order valence-corrected chi connectivity index (χ1v) is 6.70. The Morgan fingerprint density at radius 2 is 2.16 bits per heavy atom. The highest BCUT2D eigenvalue weighted by Gasteiger charge is 2.53. The summed E-state index contributed by atoms with van der Waals surface area (Å²) in [4.78, 5) is 10.5. The second-order valence-corrected chi connectivity index (χ2v) is 5.67. The normalized spacial score (nSPS) is 19.8.